The van der Waals surface area contributed by atoms with Gasteiger partial charge in [0.2, 0.25) is 0 Å². The number of pyridine rings is 1. The minimum atomic E-state index is -0.0122. The number of benzene rings is 1. The second-order valence-corrected chi connectivity index (χ2v) is 8.35. The molecule has 0 radical (unpaired) electrons. The normalized spacial score (nSPS) is 17.7. The van der Waals surface area contributed by atoms with E-state index in [4.69, 9.17) is 4.98 Å². The molecular weight excluding hydrogens is 366 g/mol. The summed E-state index contributed by atoms with van der Waals surface area (Å²) in [5, 5.41) is 8.14. The molecule has 1 aliphatic rings. The molecule has 5 heteroatoms. The fourth-order valence-electron chi connectivity index (χ4n) is 3.99. The molecule has 0 spiro atoms. The van der Waals surface area contributed by atoms with Gasteiger partial charge in [0.1, 0.15) is 0 Å². The Morgan fingerprint density at radius 2 is 2.18 bits per heavy atom. The van der Waals surface area contributed by atoms with Crippen molar-refractivity contribution in [2.24, 2.45) is 0 Å². The van der Waals surface area contributed by atoms with Gasteiger partial charge in [-0.1, -0.05) is 24.6 Å². The lowest BCUT2D eigenvalue weighted by atomic mass is 10.0. The van der Waals surface area contributed by atoms with E-state index in [1.54, 1.807) is 11.3 Å². The average molecular weight is 394 g/mol. The molecular formula is C23H27N3OS. The fraction of sp³-hybridized carbons (Fsp3) is 0.391. The van der Waals surface area contributed by atoms with Gasteiger partial charge in [0.05, 0.1) is 16.8 Å². The van der Waals surface area contributed by atoms with E-state index >= 15 is 0 Å². The maximum Gasteiger partial charge on any atom is 0.252 e. The van der Waals surface area contributed by atoms with Crippen LogP contribution < -0.4 is 5.32 Å². The standard InChI is InChI=1S/C23H27N3OS/c1-17-7-4-5-12-26(17)13-6-11-24-23(27)20-15-22(18-10-14-28-16-18)25-21-9-3-2-8-19(20)21/h2-3,8-10,14-17H,4-7,11-13H2,1H3,(H,24,27). The Bertz CT molecular complexity index is 938. The van der Waals surface area contributed by atoms with Gasteiger partial charge in [-0.25, -0.2) is 4.98 Å². The maximum atomic E-state index is 12.9. The SMILES string of the molecule is CC1CCCCN1CCCNC(=O)c1cc(-c2ccsc2)nc2ccccc12. The molecule has 146 valence electrons. The second kappa shape index (κ2) is 8.84. The van der Waals surface area contributed by atoms with Gasteiger partial charge in [-0.05, 0) is 56.3 Å². The lowest BCUT2D eigenvalue weighted by Gasteiger charge is -2.33. The van der Waals surface area contributed by atoms with Gasteiger partial charge in [-0.15, -0.1) is 0 Å². The number of aromatic nitrogens is 1. The number of hydrogen-bond donors (Lipinski definition) is 1. The number of para-hydroxylation sites is 1. The third-order valence-corrected chi connectivity index (χ3v) is 6.31. The summed E-state index contributed by atoms with van der Waals surface area (Å²) in [5.74, 6) is -0.0122. The fourth-order valence-corrected chi connectivity index (χ4v) is 4.64. The quantitative estimate of drug-likeness (QED) is 0.602. The van der Waals surface area contributed by atoms with Gasteiger partial charge in [-0.2, -0.15) is 11.3 Å². The van der Waals surface area contributed by atoms with Crippen molar-refractivity contribution in [2.75, 3.05) is 19.6 Å². The maximum absolute atomic E-state index is 12.9. The molecule has 1 fully saturated rings. The van der Waals surface area contributed by atoms with E-state index in [-0.39, 0.29) is 5.91 Å². The van der Waals surface area contributed by atoms with Gasteiger partial charge in [0.15, 0.2) is 0 Å². The molecule has 0 bridgehead atoms. The van der Waals surface area contributed by atoms with Gasteiger partial charge >= 0.3 is 0 Å². The topological polar surface area (TPSA) is 45.2 Å². The number of piperidine rings is 1. The van der Waals surface area contributed by atoms with Crippen LogP contribution in [0.3, 0.4) is 0 Å². The third-order valence-electron chi connectivity index (χ3n) is 5.63. The molecule has 1 aromatic carbocycles. The van der Waals surface area contributed by atoms with E-state index in [9.17, 15) is 4.79 Å². The highest BCUT2D eigenvalue weighted by Gasteiger charge is 2.18. The van der Waals surface area contributed by atoms with Crippen LogP contribution in [0.1, 0.15) is 43.0 Å². The van der Waals surface area contributed by atoms with E-state index in [0.29, 0.717) is 18.2 Å². The van der Waals surface area contributed by atoms with Crippen molar-refractivity contribution in [1.29, 1.82) is 0 Å². The number of carbonyl (C=O) groups excluding carboxylic acids is 1. The molecule has 4 rings (SSSR count). The van der Waals surface area contributed by atoms with Gasteiger partial charge in [-0.3, -0.25) is 4.79 Å². The van der Waals surface area contributed by atoms with Crippen molar-refractivity contribution in [3.8, 4) is 11.3 Å². The van der Waals surface area contributed by atoms with E-state index in [2.05, 4.69) is 22.5 Å². The molecule has 28 heavy (non-hydrogen) atoms. The summed E-state index contributed by atoms with van der Waals surface area (Å²) in [5.41, 5.74) is 3.48. The minimum absolute atomic E-state index is 0.0122. The van der Waals surface area contributed by atoms with Crippen LogP contribution in [0.25, 0.3) is 22.2 Å². The molecule has 1 amide bonds. The van der Waals surface area contributed by atoms with Crippen LogP contribution in [-0.2, 0) is 0 Å². The third kappa shape index (κ3) is 4.26. The van der Waals surface area contributed by atoms with Crippen molar-refractivity contribution in [2.45, 2.75) is 38.6 Å². The van der Waals surface area contributed by atoms with E-state index in [1.807, 2.05) is 41.8 Å². The van der Waals surface area contributed by atoms with Gasteiger partial charge < -0.3 is 10.2 Å². The van der Waals surface area contributed by atoms with Crippen molar-refractivity contribution >= 4 is 28.1 Å². The van der Waals surface area contributed by atoms with Crippen LogP contribution in [-0.4, -0.2) is 41.5 Å². The van der Waals surface area contributed by atoms with E-state index in [1.165, 1.54) is 25.8 Å². The average Bonchev–Trinajstić information content (AvgIpc) is 3.26. The number of rotatable bonds is 6. The molecule has 3 aromatic rings. The minimum Gasteiger partial charge on any atom is -0.352 e. The van der Waals surface area contributed by atoms with E-state index < -0.39 is 0 Å². The van der Waals surface area contributed by atoms with Crippen molar-refractivity contribution < 1.29 is 4.79 Å². The first-order valence-electron chi connectivity index (χ1n) is 10.2. The number of hydrogen-bond acceptors (Lipinski definition) is 4. The summed E-state index contributed by atoms with van der Waals surface area (Å²) in [6.07, 6.45) is 4.91. The number of thiophene rings is 1. The first-order valence-corrected chi connectivity index (χ1v) is 11.1. The monoisotopic (exact) mass is 393 g/mol. The molecule has 1 N–H and O–H groups in total. The van der Waals surface area contributed by atoms with Crippen LogP contribution >= 0.6 is 11.3 Å². The summed E-state index contributed by atoms with van der Waals surface area (Å²) < 4.78 is 0. The van der Waals surface area contributed by atoms with Crippen LogP contribution in [0.4, 0.5) is 0 Å². The van der Waals surface area contributed by atoms with Crippen LogP contribution in [0.5, 0.6) is 0 Å². The Kier molecular flexibility index (Phi) is 6.03. The number of nitrogens with one attached hydrogen (secondary N) is 1. The van der Waals surface area contributed by atoms with Gasteiger partial charge in [0.25, 0.3) is 5.91 Å². The van der Waals surface area contributed by atoms with Crippen LogP contribution in [0.2, 0.25) is 0 Å². The summed E-state index contributed by atoms with van der Waals surface area (Å²) in [7, 11) is 0. The highest BCUT2D eigenvalue weighted by Crippen LogP contribution is 2.26. The Morgan fingerprint density at radius 1 is 1.29 bits per heavy atom. The summed E-state index contributed by atoms with van der Waals surface area (Å²) in [6.45, 7) is 5.26. The van der Waals surface area contributed by atoms with Gasteiger partial charge in [0, 0.05) is 35.5 Å². The molecule has 4 nitrogen and oxygen atoms in total. The number of nitrogens with zero attached hydrogens (tertiary/aromatic N) is 2. The lowest BCUT2D eigenvalue weighted by Crippen LogP contribution is -2.39. The zero-order valence-electron chi connectivity index (χ0n) is 16.4. The van der Waals surface area contributed by atoms with E-state index in [0.717, 1.165) is 35.1 Å². The second-order valence-electron chi connectivity index (χ2n) is 7.57. The smallest absolute Gasteiger partial charge is 0.252 e. The molecule has 3 heterocycles. The predicted octanol–water partition coefficient (Wildman–Crippen LogP) is 4.96. The highest BCUT2D eigenvalue weighted by atomic mass is 32.1. The van der Waals surface area contributed by atoms with Crippen molar-refractivity contribution in [1.82, 2.24) is 15.2 Å². The Balaban J connectivity index is 1.46. The molecule has 0 aliphatic carbocycles. The van der Waals surface area contributed by atoms with Crippen LogP contribution in [0.15, 0.2) is 47.2 Å². The number of carbonyl (C=O) groups is 1. The first-order chi connectivity index (χ1) is 13.7. The summed E-state index contributed by atoms with van der Waals surface area (Å²) >= 11 is 1.64. The molecule has 1 atom stereocenters. The molecule has 2 aromatic heterocycles. The largest absolute Gasteiger partial charge is 0.352 e. The summed E-state index contributed by atoms with van der Waals surface area (Å²) in [6, 6.07) is 12.5. The van der Waals surface area contributed by atoms with Crippen molar-refractivity contribution in [3.63, 3.8) is 0 Å². The molecule has 1 aliphatic heterocycles. The zero-order valence-corrected chi connectivity index (χ0v) is 17.2. The summed E-state index contributed by atoms with van der Waals surface area (Å²) in [4.78, 5) is 20.2. The van der Waals surface area contributed by atoms with Crippen molar-refractivity contribution in [3.05, 3.63) is 52.7 Å². The number of likely N-dealkylation sites (tertiary alicyclic amines) is 1. The predicted molar refractivity (Wildman–Crippen MR) is 117 cm³/mol. The number of fused-ring (bicyclic) bond motifs is 1. The highest BCUT2D eigenvalue weighted by molar-refractivity contribution is 7.08. The molecule has 0 saturated carbocycles. The molecule has 1 saturated heterocycles. The Labute approximate surface area is 170 Å². The Hall–Kier alpha value is -2.24. The zero-order chi connectivity index (χ0) is 19.3. The van der Waals surface area contributed by atoms with Crippen LogP contribution in [0, 0.1) is 0 Å². The Morgan fingerprint density at radius 3 is 3.00 bits per heavy atom. The number of amides is 1. The first kappa shape index (κ1) is 19.1. The molecule has 1 unspecified atom stereocenters. The lowest BCUT2D eigenvalue weighted by molar-refractivity contribution is 0.0950.